The standard InChI is InChI=1S/C45H58N4O11Si/c1-11-31-21-36(38(51)20-29-14-16-32(17-15-29)40(46)49-43(54)58-27(4)25-56-61(9,10)45(6,7)8)35(22-33(31)24-50)34-18-19-37(41(52)47-23-30-12-13-30)48-39(34)42(53)59-28(5)60-44(55)57-26(2)3/h11,14-19,21-22,26-28,30,50H,1,12-13,20,23-25H2,2-10H3,(H,47,52)(H2,46,49,54). The van der Waals surface area contributed by atoms with E-state index in [2.05, 4.69) is 56.1 Å². The molecule has 3 aromatic rings. The van der Waals surface area contributed by atoms with Gasteiger partial charge in [-0.2, -0.15) is 0 Å². The van der Waals surface area contributed by atoms with Gasteiger partial charge in [0.2, 0.25) is 6.29 Å². The third kappa shape index (κ3) is 13.6. The van der Waals surface area contributed by atoms with E-state index in [0.29, 0.717) is 34.7 Å². The summed E-state index contributed by atoms with van der Waals surface area (Å²) in [6.45, 7) is 20.9. The molecule has 2 aromatic carbocycles. The van der Waals surface area contributed by atoms with Gasteiger partial charge in [-0.25, -0.2) is 19.4 Å². The summed E-state index contributed by atoms with van der Waals surface area (Å²) >= 11 is 0. The SMILES string of the molecule is C=Cc1cc(C(=O)Cc2ccc(C(=N)NC(=O)OC(C)CO[Si](C)(C)C(C)(C)C)cc2)c(-c2ccc(C(=O)NCC3CC3)nc2C(=O)OC(C)OC(=O)OC(C)C)cc1CO. The molecule has 0 aliphatic heterocycles. The lowest BCUT2D eigenvalue weighted by molar-refractivity contribution is -0.0868. The molecule has 0 radical (unpaired) electrons. The predicted molar refractivity (Wildman–Crippen MR) is 232 cm³/mol. The minimum absolute atomic E-state index is 0.00424. The van der Waals surface area contributed by atoms with Crippen LogP contribution in [0.3, 0.4) is 0 Å². The van der Waals surface area contributed by atoms with E-state index in [1.165, 1.54) is 25.1 Å². The van der Waals surface area contributed by atoms with Crippen LogP contribution in [0.15, 0.2) is 55.1 Å². The number of aromatic nitrogens is 1. The number of carbonyl (C=O) groups is 5. The van der Waals surface area contributed by atoms with E-state index >= 15 is 0 Å². The summed E-state index contributed by atoms with van der Waals surface area (Å²) in [7, 11) is -2.05. The first-order valence-electron chi connectivity index (χ1n) is 20.2. The number of carbonyl (C=O) groups excluding carboxylic acids is 5. The zero-order valence-corrected chi connectivity index (χ0v) is 37.4. The van der Waals surface area contributed by atoms with Gasteiger partial charge in [-0.3, -0.25) is 20.3 Å². The Bertz CT molecular complexity index is 2130. The topological polar surface area (TPSA) is 213 Å². The number of aliphatic hydroxyl groups excluding tert-OH is 1. The van der Waals surface area contributed by atoms with Gasteiger partial charge in [0.25, 0.3) is 5.91 Å². The Morgan fingerprint density at radius 3 is 2.21 bits per heavy atom. The van der Waals surface area contributed by atoms with Crippen LogP contribution in [0.1, 0.15) is 115 Å². The van der Waals surface area contributed by atoms with Crippen LogP contribution in [0.5, 0.6) is 0 Å². The maximum absolute atomic E-state index is 14.2. The lowest BCUT2D eigenvalue weighted by Crippen LogP contribution is -2.43. The lowest BCUT2D eigenvalue weighted by atomic mass is 9.89. The van der Waals surface area contributed by atoms with Crippen LogP contribution in [0.25, 0.3) is 17.2 Å². The number of ketones is 1. The van der Waals surface area contributed by atoms with Crippen molar-refractivity contribution in [3.8, 4) is 11.1 Å². The van der Waals surface area contributed by atoms with Gasteiger partial charge in [-0.1, -0.05) is 57.7 Å². The van der Waals surface area contributed by atoms with Crippen LogP contribution >= 0.6 is 0 Å². The summed E-state index contributed by atoms with van der Waals surface area (Å²) in [5, 5.41) is 24.0. The Morgan fingerprint density at radius 2 is 1.62 bits per heavy atom. The van der Waals surface area contributed by atoms with Crippen LogP contribution < -0.4 is 10.6 Å². The van der Waals surface area contributed by atoms with Gasteiger partial charge in [0.05, 0.1) is 19.3 Å². The van der Waals surface area contributed by atoms with Crippen molar-refractivity contribution in [1.29, 1.82) is 5.41 Å². The van der Waals surface area contributed by atoms with Crippen LogP contribution in [0.4, 0.5) is 9.59 Å². The van der Waals surface area contributed by atoms with E-state index in [0.717, 1.165) is 12.8 Å². The summed E-state index contributed by atoms with van der Waals surface area (Å²) in [5.41, 5.74) is 1.83. The fourth-order valence-corrected chi connectivity index (χ4v) is 6.75. The number of benzene rings is 2. The summed E-state index contributed by atoms with van der Waals surface area (Å²) in [5.74, 6) is -1.79. The molecule has 61 heavy (non-hydrogen) atoms. The van der Waals surface area contributed by atoms with E-state index in [1.807, 2.05) is 0 Å². The molecule has 0 bridgehead atoms. The van der Waals surface area contributed by atoms with Gasteiger partial charge in [-0.15, -0.1) is 0 Å². The van der Waals surface area contributed by atoms with Crippen LogP contribution in [-0.2, 0) is 36.4 Å². The molecule has 1 aliphatic carbocycles. The first-order valence-corrected chi connectivity index (χ1v) is 23.1. The monoisotopic (exact) mass is 858 g/mol. The van der Waals surface area contributed by atoms with Crippen molar-refractivity contribution in [1.82, 2.24) is 15.6 Å². The minimum atomic E-state index is -2.05. The molecule has 1 fully saturated rings. The number of esters is 1. The highest BCUT2D eigenvalue weighted by Crippen LogP contribution is 2.37. The quantitative estimate of drug-likeness (QED) is 0.0182. The number of nitrogens with one attached hydrogen (secondary N) is 3. The number of amides is 2. The van der Waals surface area contributed by atoms with Gasteiger partial charge in [-0.05, 0) is 104 Å². The number of hydrogen-bond donors (Lipinski definition) is 4. The van der Waals surface area contributed by atoms with E-state index in [9.17, 15) is 29.1 Å². The molecule has 1 heterocycles. The Hall–Kier alpha value is -5.71. The maximum Gasteiger partial charge on any atom is 0.511 e. The molecule has 0 spiro atoms. The maximum atomic E-state index is 14.2. The summed E-state index contributed by atoms with van der Waals surface area (Å²) < 4.78 is 27.1. The van der Waals surface area contributed by atoms with E-state index in [1.54, 1.807) is 57.2 Å². The summed E-state index contributed by atoms with van der Waals surface area (Å²) in [6.07, 6.45) is -0.949. The molecular formula is C45H58N4O11Si. The fourth-order valence-electron chi connectivity index (χ4n) is 5.67. The van der Waals surface area contributed by atoms with Crippen molar-refractivity contribution in [3.63, 3.8) is 0 Å². The second kappa shape index (κ2) is 20.7. The average Bonchev–Trinajstić information content (AvgIpc) is 4.02. The molecule has 4 rings (SSSR count). The van der Waals surface area contributed by atoms with Crippen molar-refractivity contribution in [2.24, 2.45) is 5.92 Å². The number of amidine groups is 1. The first kappa shape index (κ1) is 48.0. The van der Waals surface area contributed by atoms with Crippen LogP contribution in [0, 0.1) is 11.3 Å². The number of ether oxygens (including phenoxy) is 4. The zero-order valence-electron chi connectivity index (χ0n) is 36.4. The van der Waals surface area contributed by atoms with Gasteiger partial charge < -0.3 is 33.8 Å². The zero-order chi connectivity index (χ0) is 45.2. The van der Waals surface area contributed by atoms with Crippen molar-refractivity contribution in [2.75, 3.05) is 13.2 Å². The van der Waals surface area contributed by atoms with Gasteiger partial charge in [0.1, 0.15) is 17.6 Å². The normalized spacial score (nSPS) is 13.7. The summed E-state index contributed by atoms with van der Waals surface area (Å²) in [6, 6.07) is 12.4. The average molecular weight is 859 g/mol. The number of aliphatic hydroxyl groups is 1. The second-order valence-electron chi connectivity index (χ2n) is 16.8. The number of nitrogens with zero attached hydrogens (tertiary/aromatic N) is 1. The Balaban J connectivity index is 1.59. The van der Waals surface area contributed by atoms with Gasteiger partial charge in [0, 0.05) is 36.6 Å². The number of Topliss-reactive ketones (excluding diaryl/α,β-unsaturated/α-hetero) is 1. The van der Waals surface area contributed by atoms with Crippen LogP contribution in [-0.4, -0.2) is 85.8 Å². The Morgan fingerprint density at radius 1 is 0.951 bits per heavy atom. The minimum Gasteiger partial charge on any atom is -0.444 e. The molecule has 1 saturated carbocycles. The van der Waals surface area contributed by atoms with E-state index in [-0.39, 0.29) is 57.8 Å². The molecule has 1 aromatic heterocycles. The molecular weight excluding hydrogens is 801 g/mol. The number of alkyl carbamates (subject to hydrolysis) is 1. The smallest absolute Gasteiger partial charge is 0.444 e. The Kier molecular flexibility index (Phi) is 16.3. The molecule has 1 aliphatic rings. The number of pyridine rings is 1. The summed E-state index contributed by atoms with van der Waals surface area (Å²) in [4.78, 5) is 70.3. The third-order valence-corrected chi connectivity index (χ3v) is 14.8. The Labute approximate surface area is 358 Å². The number of rotatable bonds is 18. The fraction of sp³-hybridized carbons (Fsp3) is 0.444. The molecule has 16 heteroatoms. The number of hydrogen-bond acceptors (Lipinski definition) is 13. The largest absolute Gasteiger partial charge is 0.511 e. The molecule has 2 atom stereocenters. The van der Waals surface area contributed by atoms with E-state index < -0.39 is 57.5 Å². The highest BCUT2D eigenvalue weighted by atomic mass is 28.4. The molecule has 2 amide bonds. The van der Waals surface area contributed by atoms with Crippen molar-refractivity contribution < 1.29 is 52.5 Å². The highest BCUT2D eigenvalue weighted by molar-refractivity contribution is 6.74. The van der Waals surface area contributed by atoms with Crippen molar-refractivity contribution in [2.45, 2.75) is 111 Å². The molecule has 15 nitrogen and oxygen atoms in total. The predicted octanol–water partition coefficient (Wildman–Crippen LogP) is 7.98. The third-order valence-electron chi connectivity index (χ3n) is 10.3. The lowest BCUT2D eigenvalue weighted by Gasteiger charge is -2.36. The highest BCUT2D eigenvalue weighted by Gasteiger charge is 2.37. The van der Waals surface area contributed by atoms with Gasteiger partial charge in [0.15, 0.2) is 19.8 Å². The van der Waals surface area contributed by atoms with Crippen molar-refractivity contribution in [3.05, 3.63) is 94.3 Å². The second-order valence-corrected chi connectivity index (χ2v) is 21.6. The van der Waals surface area contributed by atoms with Crippen molar-refractivity contribution >= 4 is 50.1 Å². The van der Waals surface area contributed by atoms with E-state index in [4.69, 9.17) is 28.8 Å². The first-order chi connectivity index (χ1) is 28.6. The van der Waals surface area contributed by atoms with Crippen LogP contribution in [0.2, 0.25) is 18.1 Å². The molecule has 0 saturated heterocycles. The molecule has 4 N–H and O–H groups in total. The molecule has 328 valence electrons. The molecule has 2 unspecified atom stereocenters. The van der Waals surface area contributed by atoms with Gasteiger partial charge >= 0.3 is 18.2 Å².